The largest absolute Gasteiger partial charge is 0.328 e. The molecule has 96 valence electrons. The molecule has 0 saturated heterocycles. The van der Waals surface area contributed by atoms with Crippen LogP contribution in [0.4, 0.5) is 4.39 Å². The van der Waals surface area contributed by atoms with Gasteiger partial charge >= 0.3 is 0 Å². The Labute approximate surface area is 102 Å². The van der Waals surface area contributed by atoms with E-state index >= 15 is 0 Å². The summed E-state index contributed by atoms with van der Waals surface area (Å²) < 4.78 is 16.4. The second kappa shape index (κ2) is 4.77. The first kappa shape index (κ1) is 12.6. The van der Waals surface area contributed by atoms with Crippen LogP contribution >= 0.6 is 0 Å². The third-order valence-corrected chi connectivity index (χ3v) is 3.81. The zero-order valence-corrected chi connectivity index (χ0v) is 10.7. The van der Waals surface area contributed by atoms with Gasteiger partial charge < -0.3 is 5.73 Å². The zero-order chi connectivity index (χ0) is 12.5. The van der Waals surface area contributed by atoms with Crippen molar-refractivity contribution in [1.29, 1.82) is 0 Å². The maximum atomic E-state index is 14.6. The molecule has 0 bridgehead atoms. The Morgan fingerprint density at radius 2 is 2.18 bits per heavy atom. The van der Waals surface area contributed by atoms with Gasteiger partial charge in [-0.15, -0.1) is 0 Å². The van der Waals surface area contributed by atoms with Crippen LogP contribution in [0.2, 0.25) is 0 Å². The highest BCUT2D eigenvalue weighted by Crippen LogP contribution is 2.34. The molecule has 0 unspecified atom stereocenters. The lowest BCUT2D eigenvalue weighted by Crippen LogP contribution is -2.37. The number of alkyl halides is 1. The van der Waals surface area contributed by atoms with Crippen molar-refractivity contribution in [3.8, 4) is 0 Å². The molecule has 4 heteroatoms. The maximum Gasteiger partial charge on any atom is 0.116 e. The zero-order valence-electron chi connectivity index (χ0n) is 10.7. The van der Waals surface area contributed by atoms with Crippen LogP contribution in [0.25, 0.3) is 0 Å². The van der Waals surface area contributed by atoms with E-state index in [1.165, 1.54) is 0 Å². The molecule has 0 atom stereocenters. The molecular weight excluding hydrogens is 217 g/mol. The van der Waals surface area contributed by atoms with Gasteiger partial charge in [0.05, 0.1) is 5.69 Å². The number of nitrogens with zero attached hydrogens (tertiary/aromatic N) is 2. The van der Waals surface area contributed by atoms with E-state index in [4.69, 9.17) is 5.73 Å². The molecule has 1 aromatic heterocycles. The molecule has 0 radical (unpaired) electrons. The van der Waals surface area contributed by atoms with Crippen molar-refractivity contribution in [1.82, 2.24) is 9.78 Å². The number of aryl methyl sites for hydroxylation is 2. The Morgan fingerprint density at radius 3 is 2.71 bits per heavy atom. The van der Waals surface area contributed by atoms with E-state index in [1.54, 1.807) is 0 Å². The molecule has 0 amide bonds. The molecule has 0 aliphatic heterocycles. The first-order chi connectivity index (χ1) is 8.02. The van der Waals surface area contributed by atoms with Crippen LogP contribution in [0.3, 0.4) is 0 Å². The average molecular weight is 239 g/mol. The van der Waals surface area contributed by atoms with E-state index in [1.807, 2.05) is 17.8 Å². The predicted molar refractivity (Wildman–Crippen MR) is 66.6 cm³/mol. The maximum absolute atomic E-state index is 14.6. The van der Waals surface area contributed by atoms with Crippen molar-refractivity contribution in [2.45, 2.75) is 57.2 Å². The van der Waals surface area contributed by atoms with Gasteiger partial charge in [0.15, 0.2) is 0 Å². The molecule has 1 fully saturated rings. The minimum absolute atomic E-state index is 0.191. The Hall–Kier alpha value is -0.900. The third kappa shape index (κ3) is 2.86. The molecule has 2 N–H and O–H groups in total. The highest BCUT2D eigenvalue weighted by Gasteiger charge is 2.35. The van der Waals surface area contributed by atoms with Crippen molar-refractivity contribution in [2.75, 3.05) is 0 Å². The number of nitrogens with two attached hydrogens (primary N) is 1. The van der Waals surface area contributed by atoms with E-state index in [0.29, 0.717) is 19.3 Å². The summed E-state index contributed by atoms with van der Waals surface area (Å²) in [6.45, 7) is 2.07. The quantitative estimate of drug-likeness (QED) is 0.878. The van der Waals surface area contributed by atoms with Crippen LogP contribution in [0.5, 0.6) is 0 Å². The summed E-state index contributed by atoms with van der Waals surface area (Å²) in [6, 6.07) is 2.21. The monoisotopic (exact) mass is 239 g/mol. The van der Waals surface area contributed by atoms with Crippen LogP contribution < -0.4 is 5.73 Å². The molecule has 1 saturated carbocycles. The molecule has 1 aliphatic rings. The smallest absolute Gasteiger partial charge is 0.116 e. The normalized spacial score (nSPS) is 29.5. The summed E-state index contributed by atoms with van der Waals surface area (Å²) in [5, 5.41) is 4.37. The summed E-state index contributed by atoms with van der Waals surface area (Å²) in [7, 11) is 1.90. The molecule has 17 heavy (non-hydrogen) atoms. The molecular formula is C13H22FN3. The second-order valence-corrected chi connectivity index (χ2v) is 5.27. The Bertz CT molecular complexity index is 378. The van der Waals surface area contributed by atoms with Crippen LogP contribution in [0.1, 0.15) is 44.0 Å². The van der Waals surface area contributed by atoms with E-state index in [0.717, 1.165) is 30.7 Å². The SMILES string of the molecule is CCc1cc(CC2(F)CCC(N)CC2)n(C)n1. The summed E-state index contributed by atoms with van der Waals surface area (Å²) >= 11 is 0. The standard InChI is InChI=1S/C13H22FN3/c1-3-11-8-12(17(2)16-11)9-13(14)6-4-10(15)5-7-13/h8,10H,3-7,9,15H2,1-2H3. The second-order valence-electron chi connectivity index (χ2n) is 5.27. The van der Waals surface area contributed by atoms with Gasteiger partial charge in [0, 0.05) is 25.2 Å². The van der Waals surface area contributed by atoms with Crippen LogP contribution in [-0.2, 0) is 19.9 Å². The Kier molecular flexibility index (Phi) is 3.52. The van der Waals surface area contributed by atoms with E-state index in [9.17, 15) is 4.39 Å². The topological polar surface area (TPSA) is 43.8 Å². The van der Waals surface area contributed by atoms with E-state index < -0.39 is 5.67 Å². The van der Waals surface area contributed by atoms with Crippen LogP contribution in [0.15, 0.2) is 6.07 Å². The van der Waals surface area contributed by atoms with Crippen LogP contribution in [0, 0.1) is 0 Å². The summed E-state index contributed by atoms with van der Waals surface area (Å²) in [5.41, 5.74) is 6.79. The number of rotatable bonds is 3. The van der Waals surface area contributed by atoms with Gasteiger partial charge in [-0.25, -0.2) is 4.39 Å². The fourth-order valence-electron chi connectivity index (χ4n) is 2.57. The number of hydrogen-bond acceptors (Lipinski definition) is 2. The fourth-order valence-corrected chi connectivity index (χ4v) is 2.57. The van der Waals surface area contributed by atoms with Crippen LogP contribution in [-0.4, -0.2) is 21.5 Å². The van der Waals surface area contributed by atoms with Crippen molar-refractivity contribution in [2.24, 2.45) is 12.8 Å². The highest BCUT2D eigenvalue weighted by atomic mass is 19.1. The molecule has 1 aliphatic carbocycles. The minimum Gasteiger partial charge on any atom is -0.328 e. The van der Waals surface area contributed by atoms with Gasteiger partial charge in [-0.3, -0.25) is 4.68 Å². The number of halogens is 1. The summed E-state index contributed by atoms with van der Waals surface area (Å²) in [6.07, 6.45) is 4.15. The van der Waals surface area contributed by atoms with Crippen molar-refractivity contribution in [3.05, 3.63) is 17.5 Å². The van der Waals surface area contributed by atoms with Gasteiger partial charge in [-0.05, 0) is 38.2 Å². The Morgan fingerprint density at radius 1 is 1.53 bits per heavy atom. The molecule has 3 nitrogen and oxygen atoms in total. The molecule has 2 rings (SSSR count). The van der Waals surface area contributed by atoms with Gasteiger partial charge in [0.25, 0.3) is 0 Å². The summed E-state index contributed by atoms with van der Waals surface area (Å²) in [5.74, 6) is 0. The first-order valence-electron chi connectivity index (χ1n) is 6.49. The molecule has 1 aromatic rings. The molecule has 0 aromatic carbocycles. The lowest BCUT2D eigenvalue weighted by atomic mass is 9.81. The lowest BCUT2D eigenvalue weighted by Gasteiger charge is -2.32. The van der Waals surface area contributed by atoms with Crippen molar-refractivity contribution >= 4 is 0 Å². The number of hydrogen-bond donors (Lipinski definition) is 1. The third-order valence-electron chi connectivity index (χ3n) is 3.81. The van der Waals surface area contributed by atoms with Crippen molar-refractivity contribution in [3.63, 3.8) is 0 Å². The fraction of sp³-hybridized carbons (Fsp3) is 0.769. The van der Waals surface area contributed by atoms with Gasteiger partial charge in [-0.2, -0.15) is 5.10 Å². The minimum atomic E-state index is -1.07. The predicted octanol–water partition coefficient (Wildman–Crippen LogP) is 2.13. The van der Waals surface area contributed by atoms with Gasteiger partial charge in [-0.1, -0.05) is 6.92 Å². The van der Waals surface area contributed by atoms with E-state index in [-0.39, 0.29) is 6.04 Å². The van der Waals surface area contributed by atoms with Crippen molar-refractivity contribution < 1.29 is 4.39 Å². The average Bonchev–Trinajstić information content (AvgIpc) is 2.64. The Balaban J connectivity index is 2.06. The molecule has 0 spiro atoms. The number of aromatic nitrogens is 2. The highest BCUT2D eigenvalue weighted by molar-refractivity contribution is 5.13. The van der Waals surface area contributed by atoms with E-state index in [2.05, 4.69) is 12.0 Å². The first-order valence-corrected chi connectivity index (χ1v) is 6.49. The molecule has 1 heterocycles. The summed E-state index contributed by atoms with van der Waals surface area (Å²) in [4.78, 5) is 0. The van der Waals surface area contributed by atoms with Gasteiger partial charge in [0.1, 0.15) is 5.67 Å². The lowest BCUT2D eigenvalue weighted by molar-refractivity contribution is 0.0972. The van der Waals surface area contributed by atoms with Gasteiger partial charge in [0.2, 0.25) is 0 Å².